The molecule has 1 aliphatic heterocycles. The van der Waals surface area contributed by atoms with E-state index in [9.17, 15) is 4.39 Å². The Morgan fingerprint density at radius 2 is 2.04 bits per heavy atom. The molecule has 3 heterocycles. The van der Waals surface area contributed by atoms with E-state index in [2.05, 4.69) is 32.3 Å². The van der Waals surface area contributed by atoms with Crippen LogP contribution in [0.25, 0.3) is 11.4 Å². The van der Waals surface area contributed by atoms with E-state index in [-0.39, 0.29) is 5.82 Å². The second-order valence-electron chi connectivity index (χ2n) is 6.14. The monoisotopic (exact) mass is 387 g/mol. The van der Waals surface area contributed by atoms with Crippen molar-refractivity contribution in [2.24, 2.45) is 5.10 Å². The van der Waals surface area contributed by atoms with Gasteiger partial charge in [0.2, 0.25) is 4.77 Å². The first-order valence-electron chi connectivity index (χ1n) is 8.53. The third-order valence-corrected chi connectivity index (χ3v) is 5.66. The number of nitrogens with zero attached hydrogens (tertiary/aromatic N) is 4. The molecule has 0 saturated carbocycles. The van der Waals surface area contributed by atoms with Gasteiger partial charge in [-0.25, -0.2) is 9.49 Å². The number of thiophene rings is 1. The van der Waals surface area contributed by atoms with Gasteiger partial charge in [0.1, 0.15) is 5.82 Å². The minimum atomic E-state index is -0.323. The molecule has 5 nitrogen and oxygen atoms in total. The van der Waals surface area contributed by atoms with Crippen LogP contribution in [0.5, 0.6) is 0 Å². The summed E-state index contributed by atoms with van der Waals surface area (Å²) in [5, 5.41) is 12.6. The van der Waals surface area contributed by atoms with Crippen LogP contribution in [0.3, 0.4) is 0 Å². The molecular formula is C18H18FN5S2. The highest BCUT2D eigenvalue weighted by Gasteiger charge is 2.13. The molecule has 2 aromatic heterocycles. The zero-order chi connectivity index (χ0) is 17.9. The molecule has 26 heavy (non-hydrogen) atoms. The van der Waals surface area contributed by atoms with Crippen LogP contribution in [0.15, 0.2) is 41.5 Å². The van der Waals surface area contributed by atoms with Gasteiger partial charge < -0.3 is 4.90 Å². The fourth-order valence-electron chi connectivity index (χ4n) is 3.02. The minimum Gasteiger partial charge on any atom is -0.363 e. The summed E-state index contributed by atoms with van der Waals surface area (Å²) >= 11 is 6.97. The fourth-order valence-corrected chi connectivity index (χ4v) is 4.13. The van der Waals surface area contributed by atoms with E-state index < -0.39 is 0 Å². The van der Waals surface area contributed by atoms with Crippen LogP contribution in [0.4, 0.5) is 9.39 Å². The predicted octanol–water partition coefficient (Wildman–Crippen LogP) is 4.68. The Labute approximate surface area is 159 Å². The molecule has 1 N–H and O–H groups in total. The number of benzene rings is 1. The summed E-state index contributed by atoms with van der Waals surface area (Å²) < 4.78 is 15.4. The van der Waals surface area contributed by atoms with Gasteiger partial charge in [0.25, 0.3) is 0 Å². The summed E-state index contributed by atoms with van der Waals surface area (Å²) in [5.41, 5.74) is 0.620. The van der Waals surface area contributed by atoms with Crippen LogP contribution < -0.4 is 4.90 Å². The molecule has 1 saturated heterocycles. The first-order valence-corrected chi connectivity index (χ1v) is 9.76. The minimum absolute atomic E-state index is 0.323. The van der Waals surface area contributed by atoms with Gasteiger partial charge in [-0.2, -0.15) is 14.9 Å². The molecular weight excluding hydrogens is 369 g/mol. The van der Waals surface area contributed by atoms with Crippen molar-refractivity contribution in [2.45, 2.75) is 19.3 Å². The first kappa shape index (κ1) is 17.1. The van der Waals surface area contributed by atoms with Gasteiger partial charge in [0.15, 0.2) is 5.82 Å². The van der Waals surface area contributed by atoms with E-state index in [1.807, 2.05) is 0 Å². The number of nitrogens with one attached hydrogen (secondary N) is 1. The van der Waals surface area contributed by atoms with E-state index in [1.165, 1.54) is 41.1 Å². The topological polar surface area (TPSA) is 49.2 Å². The van der Waals surface area contributed by atoms with Gasteiger partial charge >= 0.3 is 0 Å². The summed E-state index contributed by atoms with van der Waals surface area (Å²) in [7, 11) is 0. The highest BCUT2D eigenvalue weighted by Crippen LogP contribution is 2.27. The normalized spacial score (nSPS) is 15.0. The Balaban J connectivity index is 1.59. The Hall–Kier alpha value is -2.32. The van der Waals surface area contributed by atoms with Crippen LogP contribution in [0.1, 0.15) is 24.1 Å². The van der Waals surface area contributed by atoms with Crippen molar-refractivity contribution < 1.29 is 4.39 Å². The van der Waals surface area contributed by atoms with Crippen molar-refractivity contribution in [3.05, 3.63) is 51.9 Å². The standard InChI is InChI=1S/C18H18FN5S2/c19-14-6-4-5-13(11-14)17-21-22-18(25)24(17)20-12-15-7-8-16(26-15)23-9-2-1-3-10-23/h4-8,11-12H,1-3,9-10H2,(H,22,25)/b20-12-. The summed E-state index contributed by atoms with van der Waals surface area (Å²) in [6.07, 6.45) is 5.59. The second kappa shape index (κ2) is 7.51. The van der Waals surface area contributed by atoms with E-state index >= 15 is 0 Å². The molecule has 3 aromatic rings. The molecule has 0 spiro atoms. The molecule has 0 radical (unpaired) electrons. The van der Waals surface area contributed by atoms with Gasteiger partial charge in [-0.1, -0.05) is 12.1 Å². The van der Waals surface area contributed by atoms with Crippen LogP contribution in [0.2, 0.25) is 0 Å². The quantitative estimate of drug-likeness (QED) is 0.522. The Morgan fingerprint density at radius 1 is 1.19 bits per heavy atom. The fraction of sp³-hybridized carbons (Fsp3) is 0.278. The SMILES string of the molecule is Fc1cccc(-c2n[nH]c(=S)n2/N=C\c2ccc(N3CCCCC3)s2)c1. The number of aromatic amines is 1. The van der Waals surface area contributed by atoms with Crippen molar-refractivity contribution in [1.82, 2.24) is 14.9 Å². The lowest BCUT2D eigenvalue weighted by Gasteiger charge is -2.27. The predicted molar refractivity (Wildman–Crippen MR) is 106 cm³/mol. The number of H-pyrrole nitrogens is 1. The molecule has 1 aromatic carbocycles. The number of aromatic nitrogens is 3. The maximum Gasteiger partial charge on any atom is 0.216 e. The van der Waals surface area contributed by atoms with Crippen LogP contribution in [-0.2, 0) is 0 Å². The molecule has 0 aliphatic carbocycles. The van der Waals surface area contributed by atoms with Gasteiger partial charge in [0.05, 0.1) is 11.2 Å². The Morgan fingerprint density at radius 3 is 2.85 bits per heavy atom. The zero-order valence-electron chi connectivity index (χ0n) is 14.1. The van der Waals surface area contributed by atoms with Gasteiger partial charge in [0, 0.05) is 23.5 Å². The summed E-state index contributed by atoms with van der Waals surface area (Å²) in [5.74, 6) is 0.162. The number of anilines is 1. The number of piperidine rings is 1. The van der Waals surface area contributed by atoms with Crippen LogP contribution in [-0.4, -0.2) is 34.2 Å². The third kappa shape index (κ3) is 3.61. The third-order valence-electron chi connectivity index (χ3n) is 4.31. The summed E-state index contributed by atoms with van der Waals surface area (Å²) in [6.45, 7) is 2.24. The number of hydrogen-bond donors (Lipinski definition) is 1. The molecule has 1 fully saturated rings. The van der Waals surface area contributed by atoms with Crippen molar-refractivity contribution in [2.75, 3.05) is 18.0 Å². The highest BCUT2D eigenvalue weighted by molar-refractivity contribution is 7.71. The summed E-state index contributed by atoms with van der Waals surface area (Å²) in [6, 6.07) is 10.4. The summed E-state index contributed by atoms with van der Waals surface area (Å²) in [4.78, 5) is 3.46. The number of rotatable bonds is 4. The molecule has 0 bridgehead atoms. The molecule has 1 aliphatic rings. The van der Waals surface area contributed by atoms with E-state index in [0.717, 1.165) is 18.0 Å². The average Bonchev–Trinajstić information content (AvgIpc) is 3.27. The van der Waals surface area contributed by atoms with Crippen LogP contribution in [0, 0.1) is 10.6 Å². The lowest BCUT2D eigenvalue weighted by atomic mass is 10.1. The lowest BCUT2D eigenvalue weighted by molar-refractivity contribution is 0.580. The molecule has 0 amide bonds. The average molecular weight is 388 g/mol. The van der Waals surface area contributed by atoms with Crippen molar-refractivity contribution in [3.8, 4) is 11.4 Å². The molecule has 8 heteroatoms. The first-order chi connectivity index (χ1) is 12.7. The van der Waals surface area contributed by atoms with Crippen molar-refractivity contribution in [1.29, 1.82) is 0 Å². The number of hydrogen-bond acceptors (Lipinski definition) is 5. The maximum atomic E-state index is 13.5. The number of halogens is 1. The largest absolute Gasteiger partial charge is 0.363 e. The highest BCUT2D eigenvalue weighted by atomic mass is 32.1. The van der Waals surface area contributed by atoms with Gasteiger partial charge in [-0.05, 0) is 55.7 Å². The molecule has 0 atom stereocenters. The second-order valence-corrected chi connectivity index (χ2v) is 7.62. The van der Waals surface area contributed by atoms with Gasteiger partial charge in [-0.15, -0.1) is 11.3 Å². The molecule has 0 unspecified atom stereocenters. The Kier molecular flexibility index (Phi) is 4.94. The Bertz CT molecular complexity index is 981. The van der Waals surface area contributed by atoms with E-state index in [1.54, 1.807) is 29.7 Å². The van der Waals surface area contributed by atoms with Crippen molar-refractivity contribution in [3.63, 3.8) is 0 Å². The molecule has 134 valence electrons. The maximum absolute atomic E-state index is 13.5. The van der Waals surface area contributed by atoms with Crippen LogP contribution >= 0.6 is 23.6 Å². The zero-order valence-corrected chi connectivity index (χ0v) is 15.7. The van der Waals surface area contributed by atoms with E-state index in [4.69, 9.17) is 12.2 Å². The van der Waals surface area contributed by atoms with Gasteiger partial charge in [-0.3, -0.25) is 0 Å². The van der Waals surface area contributed by atoms with E-state index in [0.29, 0.717) is 16.2 Å². The lowest BCUT2D eigenvalue weighted by Crippen LogP contribution is -2.28. The smallest absolute Gasteiger partial charge is 0.216 e. The van der Waals surface area contributed by atoms with Crippen molar-refractivity contribution >= 4 is 34.8 Å². The molecule has 4 rings (SSSR count).